The molecule has 4 rings (SSSR count). The zero-order valence-electron chi connectivity index (χ0n) is 17.6. The standard InChI is InChI=1S/C25H28N2O3/c1-3-23(30-21-13-12-19-8-4-5-9-20(19)18-21)25(28)27-16-14-26(15-17-27)22-10-6-7-11-24(22)29-2/h4-13,18,23H,3,14-17H2,1-2H3/t23-/m0/s1. The Balaban J connectivity index is 1.40. The monoisotopic (exact) mass is 404 g/mol. The molecule has 3 aromatic carbocycles. The minimum absolute atomic E-state index is 0.0605. The summed E-state index contributed by atoms with van der Waals surface area (Å²) in [5, 5.41) is 2.28. The van der Waals surface area contributed by atoms with Gasteiger partial charge in [0, 0.05) is 26.2 Å². The number of ether oxygens (including phenoxy) is 2. The molecule has 1 heterocycles. The maximum absolute atomic E-state index is 13.1. The highest BCUT2D eigenvalue weighted by atomic mass is 16.5. The van der Waals surface area contributed by atoms with Gasteiger partial charge >= 0.3 is 0 Å². The third kappa shape index (κ3) is 4.20. The highest BCUT2D eigenvalue weighted by molar-refractivity contribution is 5.84. The fourth-order valence-electron chi connectivity index (χ4n) is 3.98. The maximum Gasteiger partial charge on any atom is 0.263 e. The fourth-order valence-corrected chi connectivity index (χ4v) is 3.98. The molecule has 5 heteroatoms. The van der Waals surface area contributed by atoms with Crippen LogP contribution in [0.15, 0.2) is 66.7 Å². The molecule has 1 fully saturated rings. The van der Waals surface area contributed by atoms with E-state index >= 15 is 0 Å². The molecule has 0 N–H and O–H groups in total. The van der Waals surface area contributed by atoms with Crippen LogP contribution in [0.25, 0.3) is 10.8 Å². The number of carbonyl (C=O) groups is 1. The van der Waals surface area contributed by atoms with Crippen molar-refractivity contribution in [2.24, 2.45) is 0 Å². The van der Waals surface area contributed by atoms with Gasteiger partial charge in [-0.2, -0.15) is 0 Å². The van der Waals surface area contributed by atoms with Gasteiger partial charge in [0.25, 0.3) is 5.91 Å². The second-order valence-electron chi connectivity index (χ2n) is 7.51. The van der Waals surface area contributed by atoms with Crippen molar-refractivity contribution in [3.05, 3.63) is 66.7 Å². The Labute approximate surface area is 177 Å². The van der Waals surface area contributed by atoms with Gasteiger partial charge in [-0.25, -0.2) is 0 Å². The lowest BCUT2D eigenvalue weighted by molar-refractivity contribution is -0.139. The molecule has 1 atom stereocenters. The molecular formula is C25H28N2O3. The Hall–Kier alpha value is -3.21. The van der Waals surface area contributed by atoms with Gasteiger partial charge in [-0.3, -0.25) is 4.79 Å². The van der Waals surface area contributed by atoms with Crippen LogP contribution < -0.4 is 14.4 Å². The summed E-state index contributed by atoms with van der Waals surface area (Å²) in [7, 11) is 1.69. The largest absolute Gasteiger partial charge is 0.495 e. The van der Waals surface area contributed by atoms with E-state index in [1.54, 1.807) is 7.11 Å². The molecule has 1 aliphatic heterocycles. The highest BCUT2D eigenvalue weighted by Crippen LogP contribution is 2.28. The van der Waals surface area contributed by atoms with Crippen molar-refractivity contribution in [1.29, 1.82) is 0 Å². The van der Waals surface area contributed by atoms with Gasteiger partial charge in [-0.05, 0) is 41.5 Å². The normalized spacial score (nSPS) is 15.1. The minimum atomic E-state index is -0.469. The van der Waals surface area contributed by atoms with E-state index in [2.05, 4.69) is 23.1 Å². The van der Waals surface area contributed by atoms with E-state index in [9.17, 15) is 4.79 Å². The van der Waals surface area contributed by atoms with E-state index in [0.717, 1.165) is 41.0 Å². The van der Waals surface area contributed by atoms with Gasteiger partial charge in [-0.15, -0.1) is 0 Å². The van der Waals surface area contributed by atoms with Crippen molar-refractivity contribution in [3.8, 4) is 11.5 Å². The van der Waals surface area contributed by atoms with Crippen LogP contribution in [0.3, 0.4) is 0 Å². The maximum atomic E-state index is 13.1. The average Bonchev–Trinajstić information content (AvgIpc) is 2.82. The number of nitrogens with zero attached hydrogens (tertiary/aromatic N) is 2. The Morgan fingerprint density at radius 3 is 2.37 bits per heavy atom. The van der Waals surface area contributed by atoms with E-state index in [1.165, 1.54) is 0 Å². The van der Waals surface area contributed by atoms with Crippen molar-refractivity contribution >= 4 is 22.4 Å². The number of carbonyl (C=O) groups excluding carboxylic acids is 1. The van der Waals surface area contributed by atoms with Crippen LogP contribution in [0.5, 0.6) is 11.5 Å². The lowest BCUT2D eigenvalue weighted by Crippen LogP contribution is -2.52. The number of piperazine rings is 1. The predicted octanol–water partition coefficient (Wildman–Crippen LogP) is 4.35. The first-order valence-corrected chi connectivity index (χ1v) is 10.5. The zero-order valence-corrected chi connectivity index (χ0v) is 17.6. The molecule has 0 spiro atoms. The molecule has 0 bridgehead atoms. The highest BCUT2D eigenvalue weighted by Gasteiger charge is 2.28. The van der Waals surface area contributed by atoms with Crippen LogP contribution in [0.4, 0.5) is 5.69 Å². The van der Waals surface area contributed by atoms with Gasteiger partial charge in [0.15, 0.2) is 6.10 Å². The minimum Gasteiger partial charge on any atom is -0.495 e. The Morgan fingerprint density at radius 2 is 1.63 bits per heavy atom. The number of anilines is 1. The zero-order chi connectivity index (χ0) is 20.9. The smallest absolute Gasteiger partial charge is 0.263 e. The number of hydrogen-bond donors (Lipinski definition) is 0. The molecule has 5 nitrogen and oxygen atoms in total. The second kappa shape index (κ2) is 9.08. The first-order chi connectivity index (χ1) is 14.7. The Morgan fingerprint density at radius 1 is 0.933 bits per heavy atom. The van der Waals surface area contributed by atoms with E-state index in [1.807, 2.05) is 60.4 Å². The second-order valence-corrected chi connectivity index (χ2v) is 7.51. The van der Waals surface area contributed by atoms with E-state index in [4.69, 9.17) is 9.47 Å². The van der Waals surface area contributed by atoms with Gasteiger partial charge in [0.05, 0.1) is 12.8 Å². The average molecular weight is 405 g/mol. The number of benzene rings is 3. The number of amides is 1. The van der Waals surface area contributed by atoms with Crippen molar-refractivity contribution in [1.82, 2.24) is 4.90 Å². The molecule has 0 aliphatic carbocycles. The summed E-state index contributed by atoms with van der Waals surface area (Å²) in [6.07, 6.45) is 0.169. The summed E-state index contributed by atoms with van der Waals surface area (Å²) in [5.41, 5.74) is 1.08. The van der Waals surface area contributed by atoms with Crippen LogP contribution >= 0.6 is 0 Å². The molecule has 3 aromatic rings. The lowest BCUT2D eigenvalue weighted by atomic mass is 10.1. The molecule has 0 radical (unpaired) electrons. The lowest BCUT2D eigenvalue weighted by Gasteiger charge is -2.37. The van der Waals surface area contributed by atoms with E-state index in [-0.39, 0.29) is 5.91 Å². The number of fused-ring (bicyclic) bond motifs is 1. The molecule has 0 saturated carbocycles. The van der Waals surface area contributed by atoms with Gasteiger partial charge in [0.1, 0.15) is 11.5 Å². The molecule has 0 aromatic heterocycles. The van der Waals surface area contributed by atoms with E-state index in [0.29, 0.717) is 19.5 Å². The van der Waals surface area contributed by atoms with Crippen molar-refractivity contribution in [3.63, 3.8) is 0 Å². The van der Waals surface area contributed by atoms with Gasteiger partial charge in [0.2, 0.25) is 0 Å². The molecule has 156 valence electrons. The number of para-hydroxylation sites is 2. The molecule has 1 saturated heterocycles. The number of rotatable bonds is 6. The van der Waals surface area contributed by atoms with Crippen LogP contribution in [-0.4, -0.2) is 50.2 Å². The summed E-state index contributed by atoms with van der Waals surface area (Å²) >= 11 is 0. The van der Waals surface area contributed by atoms with Crippen LogP contribution in [-0.2, 0) is 4.79 Å². The molecule has 30 heavy (non-hydrogen) atoms. The molecule has 1 amide bonds. The summed E-state index contributed by atoms with van der Waals surface area (Å²) in [6.45, 7) is 4.90. The first kappa shape index (κ1) is 20.1. The quantitative estimate of drug-likeness (QED) is 0.612. The fraction of sp³-hybridized carbons (Fsp3) is 0.320. The summed E-state index contributed by atoms with van der Waals surface area (Å²) in [5.74, 6) is 1.66. The van der Waals surface area contributed by atoms with Crippen molar-refractivity contribution in [2.45, 2.75) is 19.4 Å². The molecule has 1 aliphatic rings. The van der Waals surface area contributed by atoms with Crippen LogP contribution in [0, 0.1) is 0 Å². The summed E-state index contributed by atoms with van der Waals surface area (Å²) in [4.78, 5) is 17.3. The molecule has 0 unspecified atom stereocenters. The SMILES string of the molecule is CC[C@H](Oc1ccc2ccccc2c1)C(=O)N1CCN(c2ccccc2OC)CC1. The summed E-state index contributed by atoms with van der Waals surface area (Å²) < 4.78 is 11.6. The van der Waals surface area contributed by atoms with Gasteiger partial charge < -0.3 is 19.3 Å². The van der Waals surface area contributed by atoms with E-state index < -0.39 is 6.10 Å². The van der Waals surface area contributed by atoms with Crippen LogP contribution in [0.2, 0.25) is 0 Å². The van der Waals surface area contributed by atoms with Crippen LogP contribution in [0.1, 0.15) is 13.3 Å². The Kier molecular flexibility index (Phi) is 6.07. The third-order valence-corrected chi connectivity index (χ3v) is 5.66. The Bertz CT molecular complexity index is 1010. The van der Waals surface area contributed by atoms with Crippen molar-refractivity contribution in [2.75, 3.05) is 38.2 Å². The number of methoxy groups -OCH3 is 1. The topological polar surface area (TPSA) is 42.0 Å². The number of hydrogen-bond acceptors (Lipinski definition) is 4. The third-order valence-electron chi connectivity index (χ3n) is 5.66. The summed E-state index contributed by atoms with van der Waals surface area (Å²) in [6, 6.07) is 22.2. The van der Waals surface area contributed by atoms with Gasteiger partial charge in [-0.1, -0.05) is 49.4 Å². The predicted molar refractivity (Wildman–Crippen MR) is 120 cm³/mol. The van der Waals surface area contributed by atoms with Crippen molar-refractivity contribution < 1.29 is 14.3 Å². The first-order valence-electron chi connectivity index (χ1n) is 10.5. The molecular weight excluding hydrogens is 376 g/mol.